The van der Waals surface area contributed by atoms with Gasteiger partial charge in [0, 0.05) is 10.0 Å². The highest BCUT2D eigenvalue weighted by molar-refractivity contribution is 9.10. The molecule has 2 aromatic rings. The maximum atomic E-state index is 14.1. The summed E-state index contributed by atoms with van der Waals surface area (Å²) < 4.78 is 41.8. The molecule has 0 heterocycles. The average Bonchev–Trinajstić information content (AvgIpc) is 2.43. The van der Waals surface area contributed by atoms with Gasteiger partial charge >= 0.3 is 0 Å². The van der Waals surface area contributed by atoms with Crippen molar-refractivity contribution in [2.45, 2.75) is 13.0 Å². The first kappa shape index (κ1) is 15.1. The third-order valence-corrected chi connectivity index (χ3v) is 3.90. The number of halogens is 4. The van der Waals surface area contributed by atoms with Gasteiger partial charge in [-0.05, 0) is 43.3 Å². The van der Waals surface area contributed by atoms with Crippen molar-refractivity contribution in [2.24, 2.45) is 0 Å². The quantitative estimate of drug-likeness (QED) is 0.866. The van der Waals surface area contributed by atoms with Gasteiger partial charge in [0.05, 0.1) is 6.04 Å². The minimum atomic E-state index is -0.916. The van der Waals surface area contributed by atoms with E-state index in [1.165, 1.54) is 37.3 Å². The summed E-state index contributed by atoms with van der Waals surface area (Å²) >= 11 is 3.30. The molecule has 0 fully saturated rings. The monoisotopic (exact) mass is 343 g/mol. The van der Waals surface area contributed by atoms with Crippen LogP contribution in [-0.4, -0.2) is 7.05 Å². The fourth-order valence-corrected chi connectivity index (χ4v) is 2.57. The zero-order valence-corrected chi connectivity index (χ0v) is 12.6. The molecule has 0 aliphatic carbocycles. The molecule has 1 N–H and O–H groups in total. The van der Waals surface area contributed by atoms with Gasteiger partial charge in [-0.3, -0.25) is 0 Å². The Morgan fingerprint density at radius 2 is 1.70 bits per heavy atom. The van der Waals surface area contributed by atoms with E-state index in [4.69, 9.17) is 0 Å². The van der Waals surface area contributed by atoms with E-state index in [2.05, 4.69) is 21.2 Å². The van der Waals surface area contributed by atoms with E-state index in [1.54, 1.807) is 7.05 Å². The van der Waals surface area contributed by atoms with Gasteiger partial charge in [-0.2, -0.15) is 0 Å². The summed E-state index contributed by atoms with van der Waals surface area (Å²) in [5, 5.41) is 2.89. The summed E-state index contributed by atoms with van der Waals surface area (Å²) in [5.41, 5.74) is 0.885. The van der Waals surface area contributed by atoms with Gasteiger partial charge < -0.3 is 5.32 Å². The minimum absolute atomic E-state index is 0.141. The van der Waals surface area contributed by atoms with Gasteiger partial charge in [0.15, 0.2) is 11.6 Å². The van der Waals surface area contributed by atoms with Crippen LogP contribution in [0.2, 0.25) is 0 Å². The van der Waals surface area contributed by atoms with Crippen LogP contribution < -0.4 is 5.32 Å². The number of nitrogens with one attached hydrogen (secondary N) is 1. The predicted octanol–water partition coefficient (Wildman–Crippen LogP) is 4.48. The molecule has 0 spiro atoms. The highest BCUT2D eigenvalue weighted by atomic mass is 79.9. The van der Waals surface area contributed by atoms with Crippen LogP contribution in [0.25, 0.3) is 0 Å². The zero-order chi connectivity index (χ0) is 14.9. The first-order valence-electron chi connectivity index (χ1n) is 6.02. The molecule has 2 aromatic carbocycles. The largest absolute Gasteiger partial charge is 0.309 e. The number of aryl methyl sites for hydroxylation is 1. The first-order chi connectivity index (χ1) is 9.45. The fourth-order valence-electron chi connectivity index (χ4n) is 2.10. The second-order valence-corrected chi connectivity index (χ2v) is 5.34. The Morgan fingerprint density at radius 3 is 2.35 bits per heavy atom. The van der Waals surface area contributed by atoms with Crippen molar-refractivity contribution in [3.8, 4) is 0 Å². The molecule has 1 unspecified atom stereocenters. The molecule has 0 amide bonds. The molecule has 1 nitrogen and oxygen atoms in total. The van der Waals surface area contributed by atoms with Crippen LogP contribution in [0.15, 0.2) is 34.8 Å². The molecule has 0 aliphatic heterocycles. The second-order valence-electron chi connectivity index (χ2n) is 4.49. The Hall–Kier alpha value is -1.33. The SMILES string of the molecule is CNC(c1cc(F)ccc1Br)c1ccc(C)c(F)c1F. The summed E-state index contributed by atoms with van der Waals surface area (Å²) in [7, 11) is 1.61. The maximum absolute atomic E-state index is 14.1. The third kappa shape index (κ3) is 2.74. The van der Waals surface area contributed by atoms with Gasteiger partial charge in [0.2, 0.25) is 0 Å². The predicted molar refractivity (Wildman–Crippen MR) is 76.1 cm³/mol. The molecule has 1 atom stereocenters. The summed E-state index contributed by atoms with van der Waals surface area (Å²) in [4.78, 5) is 0. The van der Waals surface area contributed by atoms with Crippen molar-refractivity contribution < 1.29 is 13.2 Å². The van der Waals surface area contributed by atoms with E-state index in [9.17, 15) is 13.2 Å². The van der Waals surface area contributed by atoms with Gasteiger partial charge in [-0.25, -0.2) is 13.2 Å². The molecular formula is C15H13BrF3N. The van der Waals surface area contributed by atoms with Crippen molar-refractivity contribution in [1.82, 2.24) is 5.32 Å². The molecule has 0 saturated heterocycles. The highest BCUT2D eigenvalue weighted by Gasteiger charge is 2.22. The first-order valence-corrected chi connectivity index (χ1v) is 6.81. The Kier molecular flexibility index (Phi) is 4.50. The lowest BCUT2D eigenvalue weighted by Gasteiger charge is -2.20. The highest BCUT2D eigenvalue weighted by Crippen LogP contribution is 2.31. The van der Waals surface area contributed by atoms with Crippen LogP contribution in [0.3, 0.4) is 0 Å². The number of benzene rings is 2. The molecule has 106 valence electrons. The second kappa shape index (κ2) is 5.97. The molecule has 0 bridgehead atoms. The van der Waals surface area contributed by atoms with E-state index < -0.39 is 23.5 Å². The van der Waals surface area contributed by atoms with E-state index in [1.807, 2.05) is 0 Å². The Balaban J connectivity index is 2.58. The molecule has 20 heavy (non-hydrogen) atoms. The lowest BCUT2D eigenvalue weighted by atomic mass is 9.97. The molecule has 0 radical (unpaired) electrons. The van der Waals surface area contributed by atoms with Crippen LogP contribution in [-0.2, 0) is 0 Å². The lowest BCUT2D eigenvalue weighted by Crippen LogP contribution is -2.20. The molecule has 0 aliphatic rings. The molecular weight excluding hydrogens is 331 g/mol. The van der Waals surface area contributed by atoms with Gasteiger partial charge in [0.25, 0.3) is 0 Å². The van der Waals surface area contributed by atoms with Gasteiger partial charge in [-0.15, -0.1) is 0 Å². The van der Waals surface area contributed by atoms with E-state index in [-0.39, 0.29) is 11.1 Å². The van der Waals surface area contributed by atoms with Gasteiger partial charge in [-0.1, -0.05) is 28.1 Å². The van der Waals surface area contributed by atoms with E-state index in [0.717, 1.165) is 0 Å². The van der Waals surface area contributed by atoms with Crippen LogP contribution in [0.4, 0.5) is 13.2 Å². The maximum Gasteiger partial charge on any atom is 0.164 e. The molecule has 2 rings (SSSR count). The van der Waals surface area contributed by atoms with Crippen LogP contribution in [0, 0.1) is 24.4 Å². The van der Waals surface area contributed by atoms with E-state index in [0.29, 0.717) is 10.0 Å². The van der Waals surface area contributed by atoms with Crippen LogP contribution in [0.5, 0.6) is 0 Å². The number of rotatable bonds is 3. The summed E-state index contributed by atoms with van der Waals surface area (Å²) in [6, 6.07) is 6.50. The molecule has 0 saturated carbocycles. The van der Waals surface area contributed by atoms with Gasteiger partial charge in [0.1, 0.15) is 5.82 Å². The topological polar surface area (TPSA) is 12.0 Å². The van der Waals surface area contributed by atoms with Crippen LogP contribution >= 0.6 is 15.9 Å². The number of hydrogen-bond donors (Lipinski definition) is 1. The lowest BCUT2D eigenvalue weighted by molar-refractivity contribution is 0.482. The van der Waals surface area contributed by atoms with Crippen molar-refractivity contribution >= 4 is 15.9 Å². The third-order valence-electron chi connectivity index (χ3n) is 3.17. The van der Waals surface area contributed by atoms with Crippen molar-refractivity contribution in [3.05, 3.63) is 68.9 Å². The van der Waals surface area contributed by atoms with Crippen LogP contribution in [0.1, 0.15) is 22.7 Å². The Bertz CT molecular complexity index is 643. The zero-order valence-electron chi connectivity index (χ0n) is 11.0. The fraction of sp³-hybridized carbons (Fsp3) is 0.200. The standard InChI is InChI=1S/C15H13BrF3N/c1-8-3-5-10(14(19)13(8)18)15(20-2)11-7-9(17)4-6-12(11)16/h3-7,15,20H,1-2H3. The summed E-state index contributed by atoms with van der Waals surface area (Å²) in [6.07, 6.45) is 0. The average molecular weight is 344 g/mol. The van der Waals surface area contributed by atoms with Crippen molar-refractivity contribution in [3.63, 3.8) is 0 Å². The summed E-state index contributed by atoms with van der Waals surface area (Å²) in [5.74, 6) is -2.23. The van der Waals surface area contributed by atoms with E-state index >= 15 is 0 Å². The normalized spacial score (nSPS) is 12.5. The smallest absolute Gasteiger partial charge is 0.164 e. The Morgan fingerprint density at radius 1 is 1.00 bits per heavy atom. The van der Waals surface area contributed by atoms with Crippen molar-refractivity contribution in [2.75, 3.05) is 7.05 Å². The van der Waals surface area contributed by atoms with Crippen molar-refractivity contribution in [1.29, 1.82) is 0 Å². The minimum Gasteiger partial charge on any atom is -0.309 e. The summed E-state index contributed by atoms with van der Waals surface area (Å²) in [6.45, 7) is 1.49. The number of hydrogen-bond acceptors (Lipinski definition) is 1. The molecule has 0 aromatic heterocycles. The molecule has 5 heteroatoms. The Labute approximate surface area is 123 Å².